The Kier molecular flexibility index (Phi) is 7.29. The second-order valence-corrected chi connectivity index (χ2v) is 11.0. The van der Waals surface area contributed by atoms with Gasteiger partial charge in [0.25, 0.3) is 0 Å². The van der Waals surface area contributed by atoms with E-state index in [-0.39, 0.29) is 17.8 Å². The average Bonchev–Trinajstić information content (AvgIpc) is 3.48. The summed E-state index contributed by atoms with van der Waals surface area (Å²) in [4.78, 5) is 19.1. The summed E-state index contributed by atoms with van der Waals surface area (Å²) >= 11 is 0. The fourth-order valence-electron chi connectivity index (χ4n) is 5.07. The lowest BCUT2D eigenvalue weighted by Crippen LogP contribution is -2.37. The Labute approximate surface area is 227 Å². The van der Waals surface area contributed by atoms with Crippen LogP contribution in [-0.4, -0.2) is 48.9 Å². The van der Waals surface area contributed by atoms with Crippen LogP contribution in [0.3, 0.4) is 0 Å². The minimum absolute atomic E-state index is 0.0511. The van der Waals surface area contributed by atoms with Gasteiger partial charge in [0, 0.05) is 24.9 Å². The van der Waals surface area contributed by atoms with Crippen molar-refractivity contribution in [1.29, 1.82) is 0 Å². The van der Waals surface area contributed by atoms with E-state index in [9.17, 15) is 9.18 Å². The van der Waals surface area contributed by atoms with Gasteiger partial charge < -0.3 is 9.47 Å². The Bertz CT molecular complexity index is 1470. The second-order valence-electron chi connectivity index (χ2n) is 11.0. The van der Waals surface area contributed by atoms with Crippen molar-refractivity contribution in [3.05, 3.63) is 60.4 Å². The van der Waals surface area contributed by atoms with Gasteiger partial charge in [0.15, 0.2) is 11.6 Å². The van der Waals surface area contributed by atoms with Crippen molar-refractivity contribution < 1.29 is 18.7 Å². The molecule has 0 bridgehead atoms. The minimum Gasteiger partial charge on any atom is -0.487 e. The molecule has 0 aliphatic heterocycles. The van der Waals surface area contributed by atoms with Gasteiger partial charge in [0.1, 0.15) is 17.1 Å². The first-order chi connectivity index (χ1) is 18.6. The molecular weight excluding hydrogens is 499 g/mol. The maximum Gasteiger partial charge on any atom is 0.415 e. The summed E-state index contributed by atoms with van der Waals surface area (Å²) < 4.78 is 29.3. The van der Waals surface area contributed by atoms with Crippen molar-refractivity contribution in [2.75, 3.05) is 11.4 Å². The SMILES string of the molecule is CCN(C(=O)OC(C)(C)C)c1cc2c(C3CCC(Oc4ccccc4F)CC3)nn(-c3cnn(C)c3)c2cn1. The lowest BCUT2D eigenvalue weighted by molar-refractivity contribution is 0.0581. The van der Waals surface area contributed by atoms with Crippen LogP contribution in [0.4, 0.5) is 15.0 Å². The highest BCUT2D eigenvalue weighted by molar-refractivity contribution is 5.91. The second kappa shape index (κ2) is 10.7. The average molecular weight is 535 g/mol. The van der Waals surface area contributed by atoms with Crippen molar-refractivity contribution in [3.8, 4) is 11.4 Å². The zero-order valence-corrected chi connectivity index (χ0v) is 23.1. The van der Waals surface area contributed by atoms with E-state index in [4.69, 9.17) is 14.6 Å². The zero-order valence-electron chi connectivity index (χ0n) is 23.1. The number of fused-ring (bicyclic) bond motifs is 1. The van der Waals surface area contributed by atoms with E-state index in [0.717, 1.165) is 48.0 Å². The predicted octanol–water partition coefficient (Wildman–Crippen LogP) is 6.16. The number of pyridine rings is 1. The number of nitrogens with zero attached hydrogens (tertiary/aromatic N) is 6. The van der Waals surface area contributed by atoms with Gasteiger partial charge in [-0.15, -0.1) is 0 Å². The maximum atomic E-state index is 14.1. The number of anilines is 1. The number of benzene rings is 1. The van der Waals surface area contributed by atoms with Gasteiger partial charge in [-0.1, -0.05) is 12.1 Å². The van der Waals surface area contributed by atoms with Gasteiger partial charge in [-0.2, -0.15) is 10.2 Å². The third-order valence-corrected chi connectivity index (χ3v) is 6.91. The van der Waals surface area contributed by atoms with E-state index >= 15 is 0 Å². The molecule has 0 spiro atoms. The summed E-state index contributed by atoms with van der Waals surface area (Å²) in [6, 6.07) is 8.46. The summed E-state index contributed by atoms with van der Waals surface area (Å²) in [5.74, 6) is 0.650. The minimum atomic E-state index is -0.617. The van der Waals surface area contributed by atoms with Crippen molar-refractivity contribution in [1.82, 2.24) is 24.5 Å². The van der Waals surface area contributed by atoms with Crippen LogP contribution in [0, 0.1) is 5.82 Å². The molecule has 0 atom stereocenters. The summed E-state index contributed by atoms with van der Waals surface area (Å²) in [7, 11) is 1.86. The fraction of sp³-hybridized carbons (Fsp3) is 0.448. The Morgan fingerprint density at radius 1 is 1.15 bits per heavy atom. The molecule has 1 aliphatic carbocycles. The number of halogens is 1. The molecule has 9 nitrogen and oxygen atoms in total. The molecule has 0 N–H and O–H groups in total. The molecule has 10 heteroatoms. The van der Waals surface area contributed by atoms with Gasteiger partial charge in [-0.25, -0.2) is 18.9 Å². The molecule has 1 aromatic carbocycles. The first kappa shape index (κ1) is 26.6. The molecule has 0 radical (unpaired) electrons. The standard InChI is InChI=1S/C29H35FN6O3/c1-6-35(28(37)39-29(2,3)4)26-15-22-24(17-31-26)36(20-16-32-34(5)18-20)33-27(22)19-11-13-21(14-12-19)38-25-10-8-7-9-23(25)30/h7-10,15-19,21H,6,11-14H2,1-5H3. The van der Waals surface area contributed by atoms with Gasteiger partial charge in [0.2, 0.25) is 0 Å². The fourth-order valence-corrected chi connectivity index (χ4v) is 5.07. The van der Waals surface area contributed by atoms with E-state index in [1.807, 2.05) is 51.7 Å². The Hall–Kier alpha value is -3.95. The summed E-state index contributed by atoms with van der Waals surface area (Å²) in [6.07, 6.45) is 8.21. The molecule has 1 aliphatic rings. The van der Waals surface area contributed by atoms with Crippen LogP contribution in [0.2, 0.25) is 0 Å². The summed E-state index contributed by atoms with van der Waals surface area (Å²) in [5, 5.41) is 10.3. The van der Waals surface area contributed by atoms with E-state index < -0.39 is 11.7 Å². The van der Waals surface area contributed by atoms with Crippen molar-refractivity contribution in [2.45, 2.75) is 71.0 Å². The molecular formula is C29H35FN6O3. The predicted molar refractivity (Wildman–Crippen MR) is 147 cm³/mol. The lowest BCUT2D eigenvalue weighted by atomic mass is 9.84. The van der Waals surface area contributed by atoms with Crippen LogP contribution in [0.1, 0.15) is 65.0 Å². The number of amides is 1. The maximum absolute atomic E-state index is 14.1. The molecule has 0 saturated heterocycles. The van der Waals surface area contributed by atoms with Gasteiger partial charge in [0.05, 0.1) is 35.9 Å². The number of para-hydroxylation sites is 1. The third-order valence-electron chi connectivity index (χ3n) is 6.91. The van der Waals surface area contributed by atoms with Gasteiger partial charge >= 0.3 is 6.09 Å². The molecule has 1 amide bonds. The number of ether oxygens (including phenoxy) is 2. The number of carbonyl (C=O) groups excluding carboxylic acids is 1. The van der Waals surface area contributed by atoms with E-state index in [0.29, 0.717) is 18.1 Å². The monoisotopic (exact) mass is 534 g/mol. The number of carbonyl (C=O) groups is 1. The van der Waals surface area contributed by atoms with Crippen LogP contribution >= 0.6 is 0 Å². The number of rotatable bonds is 6. The van der Waals surface area contributed by atoms with Gasteiger partial charge in [-0.05, 0) is 71.6 Å². The molecule has 1 saturated carbocycles. The van der Waals surface area contributed by atoms with E-state index in [1.165, 1.54) is 11.0 Å². The Morgan fingerprint density at radius 3 is 2.54 bits per heavy atom. The summed E-state index contributed by atoms with van der Waals surface area (Å²) in [6.45, 7) is 7.84. The van der Waals surface area contributed by atoms with Crippen LogP contribution < -0.4 is 9.64 Å². The molecule has 1 fully saturated rings. The van der Waals surface area contributed by atoms with Crippen LogP contribution in [0.15, 0.2) is 48.9 Å². The van der Waals surface area contributed by atoms with E-state index in [1.54, 1.807) is 35.3 Å². The highest BCUT2D eigenvalue weighted by Crippen LogP contribution is 2.39. The van der Waals surface area contributed by atoms with Crippen molar-refractivity contribution in [2.24, 2.45) is 7.05 Å². The molecule has 4 aromatic rings. The Balaban J connectivity index is 1.46. The highest BCUT2D eigenvalue weighted by Gasteiger charge is 2.30. The molecule has 206 valence electrons. The smallest absolute Gasteiger partial charge is 0.415 e. The largest absolute Gasteiger partial charge is 0.487 e. The molecule has 39 heavy (non-hydrogen) atoms. The first-order valence-corrected chi connectivity index (χ1v) is 13.4. The molecule has 5 rings (SSSR count). The van der Waals surface area contributed by atoms with Crippen LogP contribution in [0.5, 0.6) is 5.75 Å². The van der Waals surface area contributed by atoms with E-state index in [2.05, 4.69) is 10.1 Å². The lowest BCUT2D eigenvalue weighted by Gasteiger charge is -2.28. The van der Waals surface area contributed by atoms with Crippen LogP contribution in [0.25, 0.3) is 16.6 Å². The van der Waals surface area contributed by atoms with Crippen LogP contribution in [-0.2, 0) is 11.8 Å². The quantitative estimate of drug-likeness (QED) is 0.294. The number of hydrogen-bond acceptors (Lipinski definition) is 6. The molecule has 3 aromatic heterocycles. The highest BCUT2D eigenvalue weighted by atomic mass is 19.1. The molecule has 3 heterocycles. The zero-order chi connectivity index (χ0) is 27.7. The Morgan fingerprint density at radius 2 is 1.90 bits per heavy atom. The first-order valence-electron chi connectivity index (χ1n) is 13.4. The topological polar surface area (TPSA) is 87.3 Å². The number of aryl methyl sites for hydroxylation is 1. The van der Waals surface area contributed by atoms with Crippen molar-refractivity contribution in [3.63, 3.8) is 0 Å². The third kappa shape index (κ3) is 5.74. The van der Waals surface area contributed by atoms with Crippen molar-refractivity contribution >= 4 is 22.8 Å². The van der Waals surface area contributed by atoms with Gasteiger partial charge in [-0.3, -0.25) is 9.58 Å². The normalized spacial score (nSPS) is 17.8. The number of hydrogen-bond donors (Lipinski definition) is 0. The summed E-state index contributed by atoms with van der Waals surface area (Å²) in [5.41, 5.74) is 2.00. The molecule has 0 unspecified atom stereocenters. The number of aromatic nitrogens is 5.